The first-order chi connectivity index (χ1) is 18.3. The fourth-order valence-electron chi connectivity index (χ4n) is 10.1. The number of hydrogen-bond acceptors (Lipinski definition) is 0. The molecule has 1 saturated carbocycles. The fraction of sp³-hybridized carbons (Fsp3) is 0.590. The van der Waals surface area contributed by atoms with E-state index in [-0.39, 0.29) is 55.0 Å². The van der Waals surface area contributed by atoms with E-state index in [2.05, 4.69) is 132 Å². The molecule has 1 aromatic rings. The van der Waals surface area contributed by atoms with Crippen molar-refractivity contribution >= 4 is 5.57 Å². The van der Waals surface area contributed by atoms with Gasteiger partial charge in [0.15, 0.2) is 0 Å². The third kappa shape index (κ3) is 4.00. The third-order valence-electron chi connectivity index (χ3n) is 13.9. The summed E-state index contributed by atoms with van der Waals surface area (Å²) in [6.07, 6.45) is 12.6. The summed E-state index contributed by atoms with van der Waals surface area (Å²) >= 11 is 1.67. The molecule has 5 atom stereocenters. The van der Waals surface area contributed by atoms with Crippen LogP contribution in [0, 0.1) is 44.8 Å². The number of fused-ring (bicyclic) bond motifs is 6. The van der Waals surface area contributed by atoms with Gasteiger partial charge in [-0.15, -0.1) is 0 Å². The predicted octanol–water partition coefficient (Wildman–Crippen LogP) is 4.88. The van der Waals surface area contributed by atoms with E-state index in [1.54, 1.807) is 47.0 Å². The van der Waals surface area contributed by atoms with Gasteiger partial charge in [-0.3, -0.25) is 0 Å². The molecule has 0 amide bonds. The Hall–Kier alpha value is -0.617. The number of hydrogen-bond donors (Lipinski definition) is 0. The molecule has 1 aromatic carbocycles. The van der Waals surface area contributed by atoms with Crippen LogP contribution in [0.15, 0.2) is 76.4 Å². The minimum absolute atomic E-state index is 0. The second-order valence-corrected chi connectivity index (χ2v) is 19.2. The van der Waals surface area contributed by atoms with Gasteiger partial charge in [-0.2, -0.15) is 0 Å². The van der Waals surface area contributed by atoms with Gasteiger partial charge in [0.2, 0.25) is 0 Å². The van der Waals surface area contributed by atoms with Crippen LogP contribution in [0.4, 0.5) is 0 Å². The largest absolute Gasteiger partial charge is 1.00 e. The quantitative estimate of drug-likeness (QED) is 0.397. The van der Waals surface area contributed by atoms with E-state index in [1.807, 2.05) is 5.57 Å². The minimum Gasteiger partial charge on any atom is -1.00 e. The Kier molecular flexibility index (Phi) is 8.32. The molecule has 0 saturated heterocycles. The van der Waals surface area contributed by atoms with Gasteiger partial charge < -0.3 is 24.8 Å². The van der Waals surface area contributed by atoms with Crippen molar-refractivity contribution in [2.45, 2.75) is 99.0 Å². The minimum atomic E-state index is 0. The molecule has 225 valence electrons. The van der Waals surface area contributed by atoms with E-state index in [4.69, 9.17) is 0 Å². The van der Waals surface area contributed by atoms with Crippen LogP contribution >= 0.6 is 0 Å². The summed E-state index contributed by atoms with van der Waals surface area (Å²) < 4.78 is 0.153. The first-order valence-corrected chi connectivity index (χ1v) is 16.9. The molecule has 0 N–H and O–H groups in total. The SMILES string of the molecule is CC1=CC(C(C)(C)C)=CC1C1CC=CC2=C3C(=C4[C](C)([Zr+2])C(C)(C)C(C)(C)C(C)(C)C4(C)C21)Cc1ccccc13.[Cl-].[Cl-]. The molecule has 0 heterocycles. The standard InChI is InChI=1S/C39H51.2ClH.Zr/c1-23-20-26(35(3,4)5)22-30(23)28-18-15-19-29-32-27-17-14-13-16-25(27)21-31(32)33-24(2)36(6,7)37(8,9)38(10,11)39(33,12)34(28)29;;;/h13-17,19-20,22,28,30,34H,18,21H2,1-12H3;2*1H;/q;;;+2/p-2. The van der Waals surface area contributed by atoms with E-state index in [9.17, 15) is 0 Å². The predicted molar refractivity (Wildman–Crippen MR) is 167 cm³/mol. The molecule has 0 nitrogen and oxygen atoms in total. The maximum Gasteiger partial charge on any atom is -1.00 e. The molecule has 5 aliphatic rings. The number of benzene rings is 1. The zero-order valence-corrected chi connectivity index (χ0v) is 32.0. The topological polar surface area (TPSA) is 0 Å². The number of halogens is 2. The van der Waals surface area contributed by atoms with E-state index in [1.165, 1.54) is 23.1 Å². The average Bonchev–Trinajstić information content (AvgIpc) is 3.43. The molecule has 1 fully saturated rings. The van der Waals surface area contributed by atoms with Crippen LogP contribution in [0.2, 0.25) is 3.12 Å². The average molecular weight is 682 g/mol. The van der Waals surface area contributed by atoms with Crippen LogP contribution in [0.3, 0.4) is 0 Å². The van der Waals surface area contributed by atoms with Gasteiger partial charge in [0, 0.05) is 0 Å². The van der Waals surface area contributed by atoms with Crippen molar-refractivity contribution in [2.75, 3.05) is 0 Å². The van der Waals surface area contributed by atoms with E-state index < -0.39 is 0 Å². The fourth-order valence-corrected chi connectivity index (χ4v) is 11.8. The molecule has 3 heteroatoms. The summed E-state index contributed by atoms with van der Waals surface area (Å²) in [5, 5.41) is 0. The molecule has 6 rings (SSSR count). The van der Waals surface area contributed by atoms with Gasteiger partial charge in [0.05, 0.1) is 0 Å². The molecule has 5 aliphatic carbocycles. The second kappa shape index (κ2) is 10.2. The third-order valence-corrected chi connectivity index (χ3v) is 16.1. The van der Waals surface area contributed by atoms with Crippen molar-refractivity contribution in [2.24, 2.45) is 44.8 Å². The first-order valence-electron chi connectivity index (χ1n) is 15.7. The number of allylic oxidation sites excluding steroid dienone is 10. The summed E-state index contributed by atoms with van der Waals surface area (Å²) in [4.78, 5) is 0. The summed E-state index contributed by atoms with van der Waals surface area (Å²) in [6, 6.07) is 9.34. The Morgan fingerprint density at radius 2 is 1.48 bits per heavy atom. The molecule has 5 unspecified atom stereocenters. The van der Waals surface area contributed by atoms with Crippen molar-refractivity contribution in [3.05, 3.63) is 87.6 Å². The Bertz CT molecular complexity index is 1470. The van der Waals surface area contributed by atoms with Crippen LogP contribution in [0.25, 0.3) is 5.57 Å². The van der Waals surface area contributed by atoms with E-state index in [0.717, 1.165) is 6.42 Å². The zero-order valence-electron chi connectivity index (χ0n) is 28.0. The molecule has 42 heavy (non-hydrogen) atoms. The van der Waals surface area contributed by atoms with Crippen LogP contribution in [0.1, 0.15) is 101 Å². The van der Waals surface area contributed by atoms with Crippen molar-refractivity contribution in [3.8, 4) is 0 Å². The molecule has 0 radical (unpaired) electrons. The van der Waals surface area contributed by atoms with Gasteiger partial charge in [0.25, 0.3) is 0 Å². The maximum absolute atomic E-state index is 2.73. The maximum atomic E-state index is 2.73. The molecule has 0 aliphatic heterocycles. The second-order valence-electron chi connectivity index (χ2n) is 16.8. The normalized spacial score (nSPS) is 35.2. The monoisotopic (exact) mass is 679 g/mol. The summed E-state index contributed by atoms with van der Waals surface area (Å²) in [5.41, 5.74) is 13.6. The van der Waals surface area contributed by atoms with Crippen molar-refractivity contribution in [1.82, 2.24) is 0 Å². The van der Waals surface area contributed by atoms with E-state index >= 15 is 0 Å². The van der Waals surface area contributed by atoms with Crippen molar-refractivity contribution < 1.29 is 49.5 Å². The van der Waals surface area contributed by atoms with Gasteiger partial charge >= 0.3 is 262 Å². The molecular weight excluding hydrogens is 631 g/mol. The Labute approximate surface area is 284 Å². The van der Waals surface area contributed by atoms with Crippen LogP contribution in [-0.2, 0) is 31.1 Å². The van der Waals surface area contributed by atoms with Crippen LogP contribution in [-0.4, -0.2) is 0 Å². The Balaban J connectivity index is 0.00000202. The summed E-state index contributed by atoms with van der Waals surface area (Å²) in [5.74, 6) is 1.56. The summed E-state index contributed by atoms with van der Waals surface area (Å²) in [7, 11) is 0. The smallest absolute Gasteiger partial charge is 1.00 e. The van der Waals surface area contributed by atoms with Crippen molar-refractivity contribution in [3.63, 3.8) is 0 Å². The van der Waals surface area contributed by atoms with Gasteiger partial charge in [-0.25, -0.2) is 0 Å². The summed E-state index contributed by atoms with van der Waals surface area (Å²) in [6.45, 7) is 30.6. The van der Waals surface area contributed by atoms with E-state index in [0.29, 0.717) is 17.8 Å². The molecular formula is C39H51Cl2Zr. The Morgan fingerprint density at radius 1 is 0.857 bits per heavy atom. The first kappa shape index (κ1) is 34.3. The zero-order chi connectivity index (χ0) is 29.4. The van der Waals surface area contributed by atoms with Crippen molar-refractivity contribution in [1.29, 1.82) is 0 Å². The van der Waals surface area contributed by atoms with Gasteiger partial charge in [-0.05, 0) is 0 Å². The van der Waals surface area contributed by atoms with Crippen LogP contribution in [0.5, 0.6) is 0 Å². The molecule has 0 spiro atoms. The van der Waals surface area contributed by atoms with Crippen LogP contribution < -0.4 is 24.8 Å². The molecule has 0 bridgehead atoms. The number of rotatable bonds is 1. The molecule has 0 aromatic heterocycles. The Morgan fingerprint density at radius 3 is 2.07 bits per heavy atom. The van der Waals surface area contributed by atoms with Gasteiger partial charge in [0.1, 0.15) is 0 Å². The van der Waals surface area contributed by atoms with Gasteiger partial charge in [-0.1, -0.05) is 0 Å².